The molecule has 0 saturated heterocycles. The van der Waals surface area contributed by atoms with Gasteiger partial charge in [-0.05, 0) is 45.0 Å². The molecule has 6 nitrogen and oxygen atoms in total. The maximum atomic E-state index is 11.9. The molecule has 1 atom stereocenters. The van der Waals surface area contributed by atoms with Gasteiger partial charge in [0.25, 0.3) is 0 Å². The number of hydrogen-bond donors (Lipinski definition) is 1. The van der Waals surface area contributed by atoms with Crippen LogP contribution in [-0.4, -0.2) is 23.2 Å². The first kappa shape index (κ1) is 16.1. The second kappa shape index (κ2) is 6.39. The van der Waals surface area contributed by atoms with Crippen molar-refractivity contribution in [2.75, 3.05) is 6.54 Å². The monoisotopic (exact) mass is 328 g/mol. The summed E-state index contributed by atoms with van der Waals surface area (Å²) in [5.41, 5.74) is 0.0741. The van der Waals surface area contributed by atoms with Crippen molar-refractivity contribution < 1.29 is 19.0 Å². The summed E-state index contributed by atoms with van der Waals surface area (Å²) in [6, 6.07) is 11.0. The summed E-state index contributed by atoms with van der Waals surface area (Å²) in [6.45, 7) is 5.66. The summed E-state index contributed by atoms with van der Waals surface area (Å²) in [5.74, 6) is 1.83. The lowest BCUT2D eigenvalue weighted by molar-refractivity contribution is 0.0500. The third-order valence-electron chi connectivity index (χ3n) is 3.27. The van der Waals surface area contributed by atoms with E-state index < -0.39 is 17.8 Å². The molecule has 0 fully saturated rings. The van der Waals surface area contributed by atoms with Gasteiger partial charge < -0.3 is 19.5 Å². The molecule has 0 aliphatic carbocycles. The number of para-hydroxylation sites is 2. The van der Waals surface area contributed by atoms with Crippen LogP contribution in [0, 0.1) is 0 Å². The molecule has 0 unspecified atom stereocenters. The smallest absolute Gasteiger partial charge is 0.407 e. The standard InChI is InChI=1S/C18H20N2O4/c1-18(2,3)24-17(21)20-11-15-16-14(9-6-10-19-16)22-12-7-4-5-8-13(12)23-15/h4-10,15H,11H2,1-3H3,(H,20,21)/t15-/m1/s1. The lowest BCUT2D eigenvalue weighted by Crippen LogP contribution is -2.36. The Morgan fingerprint density at radius 3 is 2.62 bits per heavy atom. The van der Waals surface area contributed by atoms with E-state index in [9.17, 15) is 4.79 Å². The van der Waals surface area contributed by atoms with Gasteiger partial charge in [-0.15, -0.1) is 0 Å². The molecule has 2 heterocycles. The second-order valence-corrected chi connectivity index (χ2v) is 6.42. The van der Waals surface area contributed by atoms with Gasteiger partial charge in [-0.25, -0.2) is 4.79 Å². The lowest BCUT2D eigenvalue weighted by atomic mass is 10.2. The zero-order valence-corrected chi connectivity index (χ0v) is 13.9. The van der Waals surface area contributed by atoms with E-state index >= 15 is 0 Å². The van der Waals surface area contributed by atoms with Crippen molar-refractivity contribution in [3.8, 4) is 17.2 Å². The highest BCUT2D eigenvalue weighted by atomic mass is 16.6. The molecular formula is C18H20N2O4. The Morgan fingerprint density at radius 2 is 1.88 bits per heavy atom. The number of alkyl carbamates (subject to hydrolysis) is 1. The highest BCUT2D eigenvalue weighted by molar-refractivity contribution is 5.67. The molecule has 24 heavy (non-hydrogen) atoms. The molecule has 1 aromatic heterocycles. The Hall–Kier alpha value is -2.76. The first-order chi connectivity index (χ1) is 11.4. The molecule has 6 heteroatoms. The van der Waals surface area contributed by atoms with Gasteiger partial charge in [0.2, 0.25) is 0 Å². The van der Waals surface area contributed by atoms with Crippen LogP contribution in [0.15, 0.2) is 42.6 Å². The van der Waals surface area contributed by atoms with Crippen LogP contribution in [-0.2, 0) is 4.74 Å². The number of benzene rings is 1. The SMILES string of the molecule is CC(C)(C)OC(=O)NC[C@H]1Oc2ccccc2Oc2cccnc21. The average Bonchev–Trinajstić information content (AvgIpc) is 2.67. The number of ether oxygens (including phenoxy) is 3. The second-order valence-electron chi connectivity index (χ2n) is 6.42. The van der Waals surface area contributed by atoms with Gasteiger partial charge in [-0.1, -0.05) is 12.1 Å². The average molecular weight is 328 g/mol. The van der Waals surface area contributed by atoms with Crippen molar-refractivity contribution in [3.05, 3.63) is 48.3 Å². The van der Waals surface area contributed by atoms with Gasteiger partial charge in [0.05, 0.1) is 6.54 Å². The van der Waals surface area contributed by atoms with Crippen molar-refractivity contribution in [1.29, 1.82) is 0 Å². The third-order valence-corrected chi connectivity index (χ3v) is 3.27. The molecule has 126 valence electrons. The highest BCUT2D eigenvalue weighted by Gasteiger charge is 2.27. The number of carbonyl (C=O) groups excluding carboxylic acids is 1. The predicted molar refractivity (Wildman–Crippen MR) is 88.4 cm³/mol. The van der Waals surface area contributed by atoms with E-state index in [4.69, 9.17) is 14.2 Å². The Morgan fingerprint density at radius 1 is 1.17 bits per heavy atom. The maximum absolute atomic E-state index is 11.9. The predicted octanol–water partition coefficient (Wildman–Crippen LogP) is 3.83. The van der Waals surface area contributed by atoms with Gasteiger partial charge in [0.1, 0.15) is 11.3 Å². The molecule has 0 bridgehead atoms. The molecular weight excluding hydrogens is 308 g/mol. The molecule has 0 spiro atoms. The number of fused-ring (bicyclic) bond motifs is 2. The fourth-order valence-corrected chi connectivity index (χ4v) is 2.32. The van der Waals surface area contributed by atoms with E-state index in [1.165, 1.54) is 0 Å². The number of nitrogens with one attached hydrogen (secondary N) is 1. The maximum Gasteiger partial charge on any atom is 0.407 e. The van der Waals surface area contributed by atoms with Gasteiger partial charge in [0.15, 0.2) is 23.4 Å². The first-order valence-corrected chi connectivity index (χ1v) is 7.78. The van der Waals surface area contributed by atoms with Crippen LogP contribution in [0.5, 0.6) is 17.2 Å². The Labute approximate surface area is 140 Å². The van der Waals surface area contributed by atoms with Crippen molar-refractivity contribution >= 4 is 6.09 Å². The Balaban J connectivity index is 1.80. The fourth-order valence-electron chi connectivity index (χ4n) is 2.32. The lowest BCUT2D eigenvalue weighted by Gasteiger charge is -2.22. The minimum atomic E-state index is -0.555. The van der Waals surface area contributed by atoms with Crippen molar-refractivity contribution in [2.24, 2.45) is 0 Å². The van der Waals surface area contributed by atoms with Gasteiger partial charge in [-0.2, -0.15) is 0 Å². The number of rotatable bonds is 2. The Bertz CT molecular complexity index is 740. The summed E-state index contributed by atoms with van der Waals surface area (Å²) in [6.07, 6.45) is 0.696. The van der Waals surface area contributed by atoms with Crippen LogP contribution in [0.25, 0.3) is 0 Å². The van der Waals surface area contributed by atoms with E-state index in [0.717, 1.165) is 0 Å². The zero-order chi connectivity index (χ0) is 17.2. The van der Waals surface area contributed by atoms with Crippen LogP contribution >= 0.6 is 0 Å². The van der Waals surface area contributed by atoms with Gasteiger partial charge in [0, 0.05) is 6.20 Å². The van der Waals surface area contributed by atoms with E-state index in [-0.39, 0.29) is 6.54 Å². The summed E-state index contributed by atoms with van der Waals surface area (Å²) in [4.78, 5) is 16.3. The topological polar surface area (TPSA) is 69.7 Å². The van der Waals surface area contributed by atoms with Crippen molar-refractivity contribution in [1.82, 2.24) is 10.3 Å². The fraction of sp³-hybridized carbons (Fsp3) is 0.333. The number of carbonyl (C=O) groups is 1. The molecule has 0 radical (unpaired) electrons. The van der Waals surface area contributed by atoms with E-state index in [0.29, 0.717) is 22.9 Å². The third kappa shape index (κ3) is 3.76. The Kier molecular flexibility index (Phi) is 4.29. The highest BCUT2D eigenvalue weighted by Crippen LogP contribution is 2.40. The van der Waals surface area contributed by atoms with Crippen LogP contribution in [0.1, 0.15) is 32.6 Å². The zero-order valence-electron chi connectivity index (χ0n) is 13.9. The molecule has 1 aromatic carbocycles. The number of aromatic nitrogens is 1. The molecule has 1 amide bonds. The molecule has 2 aromatic rings. The van der Waals surface area contributed by atoms with E-state index in [1.54, 1.807) is 12.3 Å². The van der Waals surface area contributed by atoms with E-state index in [1.807, 2.05) is 51.1 Å². The molecule has 3 rings (SSSR count). The minimum absolute atomic E-state index is 0.219. The normalized spacial score (nSPS) is 15.9. The van der Waals surface area contributed by atoms with Crippen LogP contribution in [0.4, 0.5) is 4.79 Å². The van der Waals surface area contributed by atoms with Crippen LogP contribution < -0.4 is 14.8 Å². The van der Waals surface area contributed by atoms with Gasteiger partial charge >= 0.3 is 6.09 Å². The molecule has 1 aliphatic heterocycles. The molecule has 1 aliphatic rings. The van der Waals surface area contributed by atoms with Crippen molar-refractivity contribution in [3.63, 3.8) is 0 Å². The molecule has 0 saturated carbocycles. The summed E-state index contributed by atoms with van der Waals surface area (Å²) in [5, 5.41) is 2.73. The largest absolute Gasteiger partial charge is 0.478 e. The quantitative estimate of drug-likeness (QED) is 0.907. The van der Waals surface area contributed by atoms with Crippen LogP contribution in [0.2, 0.25) is 0 Å². The van der Waals surface area contributed by atoms with Crippen molar-refractivity contribution in [2.45, 2.75) is 32.5 Å². The van der Waals surface area contributed by atoms with E-state index in [2.05, 4.69) is 10.3 Å². The number of hydrogen-bond acceptors (Lipinski definition) is 5. The van der Waals surface area contributed by atoms with Gasteiger partial charge in [-0.3, -0.25) is 4.98 Å². The summed E-state index contributed by atoms with van der Waals surface area (Å²) < 4.78 is 17.2. The number of nitrogens with zero attached hydrogens (tertiary/aromatic N) is 1. The molecule has 1 N–H and O–H groups in total. The number of pyridine rings is 1. The first-order valence-electron chi connectivity index (χ1n) is 7.78. The number of amides is 1. The summed E-state index contributed by atoms with van der Waals surface area (Å²) >= 11 is 0. The minimum Gasteiger partial charge on any atom is -0.478 e. The van der Waals surface area contributed by atoms with Crippen LogP contribution in [0.3, 0.4) is 0 Å². The summed E-state index contributed by atoms with van der Waals surface area (Å²) in [7, 11) is 0.